The quantitative estimate of drug-likeness (QED) is 0.539. The summed E-state index contributed by atoms with van der Waals surface area (Å²) in [6, 6.07) is 8.01. The van der Waals surface area contributed by atoms with Crippen LogP contribution < -0.4 is 4.90 Å². The van der Waals surface area contributed by atoms with E-state index >= 15 is 0 Å². The van der Waals surface area contributed by atoms with Crippen LogP contribution in [0.5, 0.6) is 0 Å². The van der Waals surface area contributed by atoms with Crippen molar-refractivity contribution in [1.82, 2.24) is 30.1 Å². The molecule has 1 fully saturated rings. The van der Waals surface area contributed by atoms with Crippen LogP contribution in [0.3, 0.4) is 0 Å². The van der Waals surface area contributed by atoms with E-state index < -0.39 is 0 Å². The Hall–Kier alpha value is -3.68. The first kappa shape index (κ1) is 16.5. The lowest BCUT2D eigenvalue weighted by Crippen LogP contribution is -2.24. The fourth-order valence-corrected chi connectivity index (χ4v) is 3.59. The maximum atomic E-state index is 5.54. The zero-order valence-corrected chi connectivity index (χ0v) is 15.0. The van der Waals surface area contributed by atoms with E-state index in [4.69, 9.17) is 4.52 Å². The largest absolute Gasteiger partial charge is 0.349 e. The van der Waals surface area contributed by atoms with E-state index in [1.165, 1.54) is 5.56 Å². The highest BCUT2D eigenvalue weighted by molar-refractivity contribution is 5.71. The number of anilines is 1. The van der Waals surface area contributed by atoms with Gasteiger partial charge in [-0.2, -0.15) is 4.98 Å². The fraction of sp³-hybridized carbons (Fsp3) is 0.200. The average Bonchev–Trinajstić information content (AvgIpc) is 3.45. The maximum absolute atomic E-state index is 5.54. The highest BCUT2D eigenvalue weighted by Gasteiger charge is 2.30. The Labute approximate surface area is 161 Å². The monoisotopic (exact) mass is 371 g/mol. The molecule has 8 heteroatoms. The van der Waals surface area contributed by atoms with Crippen LogP contribution in [0.1, 0.15) is 24.4 Å². The third-order valence-corrected chi connectivity index (χ3v) is 4.86. The van der Waals surface area contributed by atoms with Gasteiger partial charge in [-0.15, -0.1) is 0 Å². The van der Waals surface area contributed by atoms with Crippen molar-refractivity contribution in [2.24, 2.45) is 0 Å². The van der Waals surface area contributed by atoms with Gasteiger partial charge in [-0.25, -0.2) is 9.97 Å². The molecule has 5 heterocycles. The summed E-state index contributed by atoms with van der Waals surface area (Å²) in [4.78, 5) is 23.9. The molecule has 28 heavy (non-hydrogen) atoms. The number of hydrogen-bond donors (Lipinski definition) is 0. The Morgan fingerprint density at radius 2 is 1.89 bits per heavy atom. The summed E-state index contributed by atoms with van der Waals surface area (Å²) in [7, 11) is 0. The normalized spacial score (nSPS) is 16.4. The molecule has 1 saturated heterocycles. The Balaban J connectivity index is 1.52. The van der Waals surface area contributed by atoms with E-state index in [-0.39, 0.29) is 6.04 Å². The van der Waals surface area contributed by atoms with Crippen molar-refractivity contribution in [2.75, 3.05) is 11.4 Å². The minimum atomic E-state index is 0.211. The number of hydrogen-bond acceptors (Lipinski definition) is 8. The van der Waals surface area contributed by atoms with Crippen LogP contribution in [0, 0.1) is 0 Å². The summed E-state index contributed by atoms with van der Waals surface area (Å²) in [5.74, 6) is 1.68. The van der Waals surface area contributed by atoms with Gasteiger partial charge < -0.3 is 9.42 Å². The SMILES string of the molecule is c1cncc(-c2noc(-c3cncnc3N3CCC[C@H]3c3cccnc3)n2)c1. The molecule has 0 unspecified atom stereocenters. The van der Waals surface area contributed by atoms with E-state index in [0.717, 1.165) is 36.3 Å². The number of aromatic nitrogens is 6. The Morgan fingerprint density at radius 1 is 1.00 bits per heavy atom. The Morgan fingerprint density at radius 3 is 2.71 bits per heavy atom. The highest BCUT2D eigenvalue weighted by Crippen LogP contribution is 2.39. The second-order valence-corrected chi connectivity index (χ2v) is 6.56. The number of pyridine rings is 2. The van der Waals surface area contributed by atoms with Gasteiger partial charge in [-0.05, 0) is 36.6 Å². The summed E-state index contributed by atoms with van der Waals surface area (Å²) in [5, 5.41) is 4.10. The van der Waals surface area contributed by atoms with E-state index in [2.05, 4.69) is 41.0 Å². The van der Waals surface area contributed by atoms with Crippen LogP contribution in [0.25, 0.3) is 22.8 Å². The predicted molar refractivity (Wildman–Crippen MR) is 102 cm³/mol. The third kappa shape index (κ3) is 2.98. The maximum Gasteiger partial charge on any atom is 0.263 e. The van der Waals surface area contributed by atoms with E-state index in [0.29, 0.717) is 11.7 Å². The van der Waals surface area contributed by atoms with Crippen molar-refractivity contribution in [2.45, 2.75) is 18.9 Å². The molecule has 0 saturated carbocycles. The first-order valence-corrected chi connectivity index (χ1v) is 9.11. The molecule has 0 aromatic carbocycles. The molecular weight excluding hydrogens is 354 g/mol. The van der Waals surface area contributed by atoms with Crippen LogP contribution in [0.2, 0.25) is 0 Å². The molecule has 5 rings (SSSR count). The van der Waals surface area contributed by atoms with Gasteiger partial charge in [0.15, 0.2) is 0 Å². The minimum absolute atomic E-state index is 0.211. The van der Waals surface area contributed by atoms with E-state index in [1.807, 2.05) is 24.4 Å². The number of nitrogens with zero attached hydrogens (tertiary/aromatic N) is 7. The molecule has 1 atom stereocenters. The summed E-state index contributed by atoms with van der Waals surface area (Å²) in [5.41, 5.74) is 2.69. The molecule has 8 nitrogen and oxygen atoms in total. The molecule has 0 radical (unpaired) electrons. The molecule has 0 bridgehead atoms. The van der Waals surface area contributed by atoms with Gasteiger partial charge in [0.1, 0.15) is 17.7 Å². The van der Waals surface area contributed by atoms with Gasteiger partial charge in [0.2, 0.25) is 5.82 Å². The van der Waals surface area contributed by atoms with Crippen molar-refractivity contribution in [3.8, 4) is 22.8 Å². The third-order valence-electron chi connectivity index (χ3n) is 4.86. The van der Waals surface area contributed by atoms with E-state index in [9.17, 15) is 0 Å². The van der Waals surface area contributed by atoms with Crippen molar-refractivity contribution in [3.63, 3.8) is 0 Å². The van der Waals surface area contributed by atoms with Crippen LogP contribution >= 0.6 is 0 Å². The van der Waals surface area contributed by atoms with E-state index in [1.54, 1.807) is 31.1 Å². The first-order chi connectivity index (χ1) is 13.9. The lowest BCUT2D eigenvalue weighted by molar-refractivity contribution is 0.432. The van der Waals surface area contributed by atoms with Gasteiger partial charge in [0.05, 0.1) is 6.04 Å². The molecule has 0 amide bonds. The first-order valence-electron chi connectivity index (χ1n) is 9.11. The molecule has 1 aliphatic heterocycles. The summed E-state index contributed by atoms with van der Waals surface area (Å²) in [6.07, 6.45) is 12.5. The molecule has 138 valence electrons. The number of rotatable bonds is 4. The Kier molecular flexibility index (Phi) is 4.21. The predicted octanol–water partition coefficient (Wildman–Crippen LogP) is 3.33. The van der Waals surface area contributed by atoms with Crippen molar-refractivity contribution >= 4 is 5.82 Å². The standard InChI is InChI=1S/C20H17N7O/c1-4-14(10-21-7-1)17-6-3-9-27(17)19-16(12-23-13-24-19)20-25-18(26-28-20)15-5-2-8-22-11-15/h1-2,4-5,7-8,10-13,17H,3,6,9H2/t17-/m0/s1. The summed E-state index contributed by atoms with van der Waals surface area (Å²) in [6.45, 7) is 0.896. The molecule has 0 N–H and O–H groups in total. The molecular formula is C20H17N7O. The molecule has 0 aliphatic carbocycles. The van der Waals surface area contributed by atoms with Crippen LogP contribution in [-0.4, -0.2) is 36.6 Å². The molecule has 4 aromatic rings. The smallest absolute Gasteiger partial charge is 0.263 e. The molecule has 0 spiro atoms. The second-order valence-electron chi connectivity index (χ2n) is 6.56. The minimum Gasteiger partial charge on any atom is -0.349 e. The van der Waals surface area contributed by atoms with Crippen molar-refractivity contribution < 1.29 is 4.52 Å². The van der Waals surface area contributed by atoms with Crippen molar-refractivity contribution in [3.05, 3.63) is 67.1 Å². The average molecular weight is 371 g/mol. The lowest BCUT2D eigenvalue weighted by Gasteiger charge is -2.26. The zero-order valence-electron chi connectivity index (χ0n) is 15.0. The topological polar surface area (TPSA) is 93.7 Å². The van der Waals surface area contributed by atoms with Gasteiger partial charge in [-0.3, -0.25) is 9.97 Å². The van der Waals surface area contributed by atoms with Gasteiger partial charge in [-0.1, -0.05) is 11.2 Å². The fourth-order valence-electron chi connectivity index (χ4n) is 3.59. The van der Waals surface area contributed by atoms with Crippen LogP contribution in [0.4, 0.5) is 5.82 Å². The van der Waals surface area contributed by atoms with Gasteiger partial charge >= 0.3 is 0 Å². The van der Waals surface area contributed by atoms with Gasteiger partial charge in [0, 0.05) is 43.1 Å². The summed E-state index contributed by atoms with van der Waals surface area (Å²) >= 11 is 0. The van der Waals surface area contributed by atoms with Gasteiger partial charge in [0.25, 0.3) is 5.89 Å². The van der Waals surface area contributed by atoms with Crippen LogP contribution in [0.15, 0.2) is 66.1 Å². The lowest BCUT2D eigenvalue weighted by atomic mass is 10.1. The molecule has 4 aromatic heterocycles. The van der Waals surface area contributed by atoms with Crippen LogP contribution in [-0.2, 0) is 0 Å². The molecule has 1 aliphatic rings. The Bertz CT molecular complexity index is 1070. The zero-order chi connectivity index (χ0) is 18.8. The summed E-state index contributed by atoms with van der Waals surface area (Å²) < 4.78 is 5.54. The highest BCUT2D eigenvalue weighted by atomic mass is 16.5. The second kappa shape index (κ2) is 7.15. The van der Waals surface area contributed by atoms with Crippen molar-refractivity contribution in [1.29, 1.82) is 0 Å².